The predicted octanol–water partition coefficient (Wildman–Crippen LogP) is 2.41. The van der Waals surface area contributed by atoms with Gasteiger partial charge in [0.05, 0.1) is 0 Å². The molecule has 1 atom stereocenters. The van der Waals surface area contributed by atoms with Gasteiger partial charge in [-0.25, -0.2) is 9.97 Å². The number of nitrogens with zero attached hydrogens (tertiary/aromatic N) is 4. The van der Waals surface area contributed by atoms with E-state index in [1.54, 1.807) is 0 Å². The summed E-state index contributed by atoms with van der Waals surface area (Å²) >= 11 is 1.46. The number of nitrogens with one attached hydrogen (secondary N) is 3. The summed E-state index contributed by atoms with van der Waals surface area (Å²) in [5, 5.41) is 18.9. The molecule has 9 heteroatoms. The van der Waals surface area contributed by atoms with E-state index >= 15 is 0 Å². The van der Waals surface area contributed by atoms with Gasteiger partial charge in [0.1, 0.15) is 23.1 Å². The SMILES string of the molecule is CCc1nnc(Nc2ncnc3c2NC(=O)C(CC(C)C)N3)s1. The summed E-state index contributed by atoms with van der Waals surface area (Å²) in [7, 11) is 0. The van der Waals surface area contributed by atoms with Crippen LogP contribution in [0.4, 0.5) is 22.5 Å². The molecule has 0 bridgehead atoms. The fraction of sp³-hybridized carbons (Fsp3) is 0.500. The van der Waals surface area contributed by atoms with Gasteiger partial charge in [0.2, 0.25) is 11.0 Å². The molecule has 0 saturated carbocycles. The molecule has 1 amide bonds. The van der Waals surface area contributed by atoms with E-state index in [-0.39, 0.29) is 11.9 Å². The Labute approximate surface area is 138 Å². The second-order valence-corrected chi connectivity index (χ2v) is 6.80. The number of anilines is 4. The largest absolute Gasteiger partial charge is 0.356 e. The number of carbonyl (C=O) groups is 1. The molecule has 23 heavy (non-hydrogen) atoms. The lowest BCUT2D eigenvalue weighted by molar-refractivity contribution is -0.117. The van der Waals surface area contributed by atoms with Crippen LogP contribution in [0.3, 0.4) is 0 Å². The van der Waals surface area contributed by atoms with Gasteiger partial charge >= 0.3 is 0 Å². The van der Waals surface area contributed by atoms with Gasteiger partial charge in [-0.1, -0.05) is 32.1 Å². The standard InChI is InChI=1S/C14H19N7OS/c1-4-9-20-21-14(23-9)19-12-10-11(15-6-16-12)17-8(5-7(2)3)13(22)18-10/h6-8H,4-5H2,1-3H3,(H,18,22)(H2,15,16,17,19,21). The third kappa shape index (κ3) is 3.39. The first kappa shape index (κ1) is 15.6. The summed E-state index contributed by atoms with van der Waals surface area (Å²) in [6.45, 7) is 6.19. The molecule has 3 heterocycles. The van der Waals surface area contributed by atoms with Crippen LogP contribution in [0.15, 0.2) is 6.33 Å². The minimum atomic E-state index is -0.279. The van der Waals surface area contributed by atoms with E-state index in [2.05, 4.69) is 50.0 Å². The van der Waals surface area contributed by atoms with E-state index in [9.17, 15) is 4.79 Å². The second-order valence-electron chi connectivity index (χ2n) is 5.74. The van der Waals surface area contributed by atoms with Crippen LogP contribution in [0.1, 0.15) is 32.2 Å². The number of aryl methyl sites for hydroxylation is 1. The Morgan fingerprint density at radius 2 is 2.17 bits per heavy atom. The van der Waals surface area contributed by atoms with Gasteiger partial charge in [-0.2, -0.15) is 0 Å². The van der Waals surface area contributed by atoms with Gasteiger partial charge in [-0.05, 0) is 18.8 Å². The van der Waals surface area contributed by atoms with E-state index < -0.39 is 0 Å². The van der Waals surface area contributed by atoms with Crippen LogP contribution in [0.25, 0.3) is 0 Å². The first-order valence-electron chi connectivity index (χ1n) is 7.58. The zero-order valence-corrected chi connectivity index (χ0v) is 14.1. The summed E-state index contributed by atoms with van der Waals surface area (Å²) in [4.78, 5) is 20.7. The number of hydrogen-bond donors (Lipinski definition) is 3. The first-order chi connectivity index (χ1) is 11.1. The third-order valence-corrected chi connectivity index (χ3v) is 4.41. The molecule has 2 aromatic rings. The Morgan fingerprint density at radius 3 is 2.87 bits per heavy atom. The molecule has 8 nitrogen and oxygen atoms in total. The van der Waals surface area contributed by atoms with Crippen LogP contribution in [0.5, 0.6) is 0 Å². The molecule has 0 aliphatic carbocycles. The molecule has 1 aliphatic heterocycles. The van der Waals surface area contributed by atoms with Crippen molar-refractivity contribution in [3.63, 3.8) is 0 Å². The zero-order chi connectivity index (χ0) is 16.4. The Bertz CT molecular complexity index is 715. The molecule has 0 radical (unpaired) electrons. The topological polar surface area (TPSA) is 105 Å². The zero-order valence-electron chi connectivity index (χ0n) is 13.3. The highest BCUT2D eigenvalue weighted by molar-refractivity contribution is 7.15. The van der Waals surface area contributed by atoms with Crippen molar-refractivity contribution >= 4 is 39.7 Å². The molecular weight excluding hydrogens is 314 g/mol. The van der Waals surface area contributed by atoms with Crippen molar-refractivity contribution in [1.29, 1.82) is 0 Å². The highest BCUT2D eigenvalue weighted by atomic mass is 32.1. The Hall–Kier alpha value is -2.29. The summed E-state index contributed by atoms with van der Waals surface area (Å²) < 4.78 is 0. The van der Waals surface area contributed by atoms with Crippen LogP contribution in [0, 0.1) is 5.92 Å². The van der Waals surface area contributed by atoms with Crippen molar-refractivity contribution in [1.82, 2.24) is 20.2 Å². The van der Waals surface area contributed by atoms with Gasteiger partial charge in [-0.15, -0.1) is 10.2 Å². The van der Waals surface area contributed by atoms with Crippen molar-refractivity contribution < 1.29 is 4.79 Å². The molecule has 3 rings (SSSR count). The molecule has 0 saturated heterocycles. The molecule has 1 unspecified atom stereocenters. The number of hydrogen-bond acceptors (Lipinski definition) is 8. The highest BCUT2D eigenvalue weighted by Crippen LogP contribution is 2.33. The van der Waals surface area contributed by atoms with Crippen LogP contribution < -0.4 is 16.0 Å². The molecule has 0 spiro atoms. The minimum absolute atomic E-state index is 0.0736. The average molecular weight is 333 g/mol. The Kier molecular flexibility index (Phi) is 4.37. The van der Waals surface area contributed by atoms with Crippen molar-refractivity contribution in [2.45, 2.75) is 39.7 Å². The van der Waals surface area contributed by atoms with E-state index in [0.717, 1.165) is 17.8 Å². The highest BCUT2D eigenvalue weighted by Gasteiger charge is 2.29. The quantitative estimate of drug-likeness (QED) is 0.771. The maximum atomic E-state index is 12.3. The van der Waals surface area contributed by atoms with Crippen molar-refractivity contribution in [2.75, 3.05) is 16.0 Å². The number of fused-ring (bicyclic) bond motifs is 1. The summed E-state index contributed by atoms with van der Waals surface area (Å²) in [6, 6.07) is -0.279. The lowest BCUT2D eigenvalue weighted by atomic mass is 10.0. The molecule has 1 aliphatic rings. The number of rotatable bonds is 5. The fourth-order valence-electron chi connectivity index (χ4n) is 2.33. The smallest absolute Gasteiger partial charge is 0.247 e. The number of amides is 1. The average Bonchev–Trinajstić information content (AvgIpc) is 2.96. The maximum absolute atomic E-state index is 12.3. The van der Waals surface area contributed by atoms with Gasteiger partial charge < -0.3 is 16.0 Å². The molecule has 0 fully saturated rings. The monoisotopic (exact) mass is 333 g/mol. The predicted molar refractivity (Wildman–Crippen MR) is 90.1 cm³/mol. The van der Waals surface area contributed by atoms with Crippen LogP contribution in [-0.2, 0) is 11.2 Å². The Morgan fingerprint density at radius 1 is 1.35 bits per heavy atom. The third-order valence-electron chi connectivity index (χ3n) is 3.42. The lowest BCUT2D eigenvalue weighted by Gasteiger charge is -2.27. The van der Waals surface area contributed by atoms with Crippen LogP contribution in [-0.4, -0.2) is 32.1 Å². The van der Waals surface area contributed by atoms with Gasteiger partial charge in [0.15, 0.2) is 11.6 Å². The van der Waals surface area contributed by atoms with Crippen LogP contribution in [0.2, 0.25) is 0 Å². The first-order valence-corrected chi connectivity index (χ1v) is 8.40. The number of carbonyl (C=O) groups excluding carboxylic acids is 1. The second kappa shape index (κ2) is 6.45. The number of aromatic nitrogens is 4. The molecule has 122 valence electrons. The van der Waals surface area contributed by atoms with Gasteiger partial charge in [-0.3, -0.25) is 4.79 Å². The van der Waals surface area contributed by atoms with E-state index in [1.807, 2.05) is 6.92 Å². The minimum Gasteiger partial charge on any atom is -0.356 e. The summed E-state index contributed by atoms with van der Waals surface area (Å²) in [5.41, 5.74) is 0.547. The van der Waals surface area contributed by atoms with Crippen molar-refractivity contribution in [2.24, 2.45) is 5.92 Å². The van der Waals surface area contributed by atoms with Crippen molar-refractivity contribution in [3.05, 3.63) is 11.3 Å². The van der Waals surface area contributed by atoms with E-state index in [0.29, 0.717) is 28.4 Å². The molecule has 2 aromatic heterocycles. The van der Waals surface area contributed by atoms with Gasteiger partial charge in [0.25, 0.3) is 0 Å². The van der Waals surface area contributed by atoms with E-state index in [4.69, 9.17) is 0 Å². The maximum Gasteiger partial charge on any atom is 0.247 e. The summed E-state index contributed by atoms with van der Waals surface area (Å²) in [6.07, 6.45) is 3.03. The van der Waals surface area contributed by atoms with Crippen LogP contribution >= 0.6 is 11.3 Å². The van der Waals surface area contributed by atoms with E-state index in [1.165, 1.54) is 17.7 Å². The lowest BCUT2D eigenvalue weighted by Crippen LogP contribution is -2.40. The molecule has 0 aromatic carbocycles. The Balaban J connectivity index is 1.83. The van der Waals surface area contributed by atoms with Crippen molar-refractivity contribution in [3.8, 4) is 0 Å². The molecule has 3 N–H and O–H groups in total. The van der Waals surface area contributed by atoms with Gasteiger partial charge in [0, 0.05) is 0 Å². The fourth-order valence-corrected chi connectivity index (χ4v) is 3.01. The summed E-state index contributed by atoms with van der Waals surface area (Å²) in [5.74, 6) is 1.47. The normalized spacial score (nSPS) is 16.7. The molecular formula is C14H19N7OS.